The summed E-state index contributed by atoms with van der Waals surface area (Å²) in [6, 6.07) is 8.46. The van der Waals surface area contributed by atoms with Crippen LogP contribution in [-0.2, 0) is 4.74 Å². The Morgan fingerprint density at radius 2 is 1.81 bits per heavy atom. The molecule has 2 atom stereocenters. The molecule has 0 bridgehead atoms. The Morgan fingerprint density at radius 3 is 2.25 bits per heavy atom. The van der Waals surface area contributed by atoms with Crippen molar-refractivity contribution in [3.8, 4) is 5.75 Å². The molecule has 0 saturated carbocycles. The van der Waals surface area contributed by atoms with E-state index in [1.165, 1.54) is 5.56 Å². The average Bonchev–Trinajstić information content (AvgIpc) is 2.35. The van der Waals surface area contributed by atoms with Gasteiger partial charge >= 0.3 is 0 Å². The first-order chi connectivity index (χ1) is 7.71. The molecule has 0 aromatic heterocycles. The van der Waals surface area contributed by atoms with Crippen LogP contribution in [0.2, 0.25) is 0 Å². The van der Waals surface area contributed by atoms with E-state index in [1.54, 1.807) is 14.2 Å². The van der Waals surface area contributed by atoms with Gasteiger partial charge in [-0.1, -0.05) is 12.1 Å². The van der Waals surface area contributed by atoms with Gasteiger partial charge in [-0.3, -0.25) is 0 Å². The van der Waals surface area contributed by atoms with E-state index in [0.717, 1.165) is 12.2 Å². The molecule has 0 heterocycles. The number of rotatable bonds is 6. The summed E-state index contributed by atoms with van der Waals surface area (Å²) in [5.74, 6) is 0.887. The lowest BCUT2D eigenvalue weighted by atomic mass is 10.0. The second kappa shape index (κ2) is 6.51. The van der Waals surface area contributed by atoms with E-state index < -0.39 is 0 Å². The van der Waals surface area contributed by atoms with Crippen LogP contribution in [0.25, 0.3) is 0 Å². The van der Waals surface area contributed by atoms with Gasteiger partial charge in [0.15, 0.2) is 0 Å². The average molecular weight is 223 g/mol. The second-order valence-corrected chi connectivity index (χ2v) is 3.90. The normalized spacial score (nSPS) is 14.5. The summed E-state index contributed by atoms with van der Waals surface area (Å²) in [7, 11) is 5.39. The fraction of sp³-hybridized carbons (Fsp3) is 0.538. The molecule has 1 N–H and O–H groups in total. The van der Waals surface area contributed by atoms with Crippen LogP contribution in [-0.4, -0.2) is 27.4 Å². The van der Waals surface area contributed by atoms with E-state index in [4.69, 9.17) is 9.47 Å². The molecule has 1 rings (SSSR count). The smallest absolute Gasteiger partial charge is 0.118 e. The molecule has 1 aromatic carbocycles. The van der Waals surface area contributed by atoms with Gasteiger partial charge in [-0.25, -0.2) is 0 Å². The van der Waals surface area contributed by atoms with E-state index in [2.05, 4.69) is 24.4 Å². The minimum Gasteiger partial charge on any atom is -0.497 e. The molecule has 90 valence electrons. The lowest BCUT2D eigenvalue weighted by Gasteiger charge is -2.20. The van der Waals surface area contributed by atoms with Crippen molar-refractivity contribution in [2.24, 2.45) is 0 Å². The van der Waals surface area contributed by atoms with Crippen LogP contribution in [0.5, 0.6) is 5.75 Å². The highest BCUT2D eigenvalue weighted by atomic mass is 16.5. The summed E-state index contributed by atoms with van der Waals surface area (Å²) in [6.45, 7) is 2.08. The molecule has 0 aliphatic heterocycles. The zero-order valence-corrected chi connectivity index (χ0v) is 10.5. The maximum absolute atomic E-state index is 5.28. The van der Waals surface area contributed by atoms with Gasteiger partial charge in [-0.2, -0.15) is 0 Å². The van der Waals surface area contributed by atoms with E-state index in [-0.39, 0.29) is 6.10 Å². The van der Waals surface area contributed by atoms with Gasteiger partial charge in [0, 0.05) is 13.2 Å². The Hall–Kier alpha value is -1.06. The number of methoxy groups -OCH3 is 2. The molecule has 0 fully saturated rings. The number of ether oxygens (including phenoxy) is 2. The van der Waals surface area contributed by atoms with Crippen molar-refractivity contribution in [2.75, 3.05) is 21.3 Å². The van der Waals surface area contributed by atoms with Crippen molar-refractivity contribution in [1.29, 1.82) is 0 Å². The first-order valence-corrected chi connectivity index (χ1v) is 5.55. The van der Waals surface area contributed by atoms with Gasteiger partial charge in [0.2, 0.25) is 0 Å². The zero-order chi connectivity index (χ0) is 12.0. The molecule has 0 saturated heterocycles. The summed E-state index contributed by atoms with van der Waals surface area (Å²) in [5, 5.41) is 3.30. The highest BCUT2D eigenvalue weighted by Crippen LogP contribution is 2.21. The molecule has 0 radical (unpaired) electrons. The number of nitrogens with one attached hydrogen (secondary N) is 1. The van der Waals surface area contributed by atoms with E-state index in [9.17, 15) is 0 Å². The van der Waals surface area contributed by atoms with Gasteiger partial charge in [-0.05, 0) is 38.1 Å². The summed E-state index contributed by atoms with van der Waals surface area (Å²) in [5.41, 5.74) is 1.26. The van der Waals surface area contributed by atoms with E-state index in [1.807, 2.05) is 19.2 Å². The molecule has 3 nitrogen and oxygen atoms in total. The Morgan fingerprint density at radius 1 is 1.19 bits per heavy atom. The van der Waals surface area contributed by atoms with Crippen LogP contribution in [0.15, 0.2) is 24.3 Å². The van der Waals surface area contributed by atoms with Crippen LogP contribution < -0.4 is 10.1 Å². The predicted octanol–water partition coefficient (Wildman–Crippen LogP) is 2.38. The molecule has 2 unspecified atom stereocenters. The van der Waals surface area contributed by atoms with E-state index in [0.29, 0.717) is 6.04 Å². The Bertz CT molecular complexity index is 297. The Kier molecular flexibility index (Phi) is 5.29. The van der Waals surface area contributed by atoms with Crippen molar-refractivity contribution in [1.82, 2.24) is 5.32 Å². The molecule has 0 aliphatic rings. The molecule has 0 aliphatic carbocycles. The minimum absolute atomic E-state index is 0.250. The van der Waals surface area contributed by atoms with E-state index >= 15 is 0 Å². The third-order valence-electron chi connectivity index (χ3n) is 2.84. The van der Waals surface area contributed by atoms with Crippen molar-refractivity contribution in [2.45, 2.75) is 25.5 Å². The maximum atomic E-state index is 5.28. The third kappa shape index (κ3) is 3.51. The van der Waals surface area contributed by atoms with Gasteiger partial charge in [-0.15, -0.1) is 0 Å². The molecule has 16 heavy (non-hydrogen) atoms. The molecule has 3 heteroatoms. The van der Waals surface area contributed by atoms with Crippen LogP contribution in [0.1, 0.15) is 24.9 Å². The first-order valence-electron chi connectivity index (χ1n) is 5.55. The lowest BCUT2D eigenvalue weighted by molar-refractivity contribution is 0.101. The molecule has 0 amide bonds. The number of benzene rings is 1. The van der Waals surface area contributed by atoms with Gasteiger partial charge in [0.05, 0.1) is 13.2 Å². The van der Waals surface area contributed by atoms with Crippen molar-refractivity contribution in [3.63, 3.8) is 0 Å². The lowest BCUT2D eigenvalue weighted by Crippen LogP contribution is -2.21. The van der Waals surface area contributed by atoms with Gasteiger partial charge in [0.1, 0.15) is 5.75 Å². The summed E-state index contributed by atoms with van der Waals surface area (Å²) in [6.07, 6.45) is 1.21. The fourth-order valence-corrected chi connectivity index (χ4v) is 1.68. The van der Waals surface area contributed by atoms with Crippen LogP contribution in [0, 0.1) is 0 Å². The molecular formula is C13H21NO2. The topological polar surface area (TPSA) is 30.5 Å². The van der Waals surface area contributed by atoms with Gasteiger partial charge in [0.25, 0.3) is 0 Å². The van der Waals surface area contributed by atoms with Crippen molar-refractivity contribution >= 4 is 0 Å². The summed E-state index contributed by atoms with van der Waals surface area (Å²) in [4.78, 5) is 0. The second-order valence-electron chi connectivity index (χ2n) is 3.90. The van der Waals surface area contributed by atoms with Crippen LogP contribution >= 0.6 is 0 Å². The number of hydrogen-bond donors (Lipinski definition) is 1. The monoisotopic (exact) mass is 223 g/mol. The van der Waals surface area contributed by atoms with Crippen molar-refractivity contribution in [3.05, 3.63) is 29.8 Å². The SMILES string of the molecule is CNC(CC(C)OC)c1ccc(OC)cc1. The standard InChI is InChI=1S/C13H21NO2/c1-10(15-3)9-13(14-2)11-5-7-12(16-4)8-6-11/h5-8,10,13-14H,9H2,1-4H3. The van der Waals surface area contributed by atoms with Crippen LogP contribution in [0.4, 0.5) is 0 Å². The minimum atomic E-state index is 0.250. The fourth-order valence-electron chi connectivity index (χ4n) is 1.68. The Labute approximate surface area is 97.8 Å². The highest BCUT2D eigenvalue weighted by molar-refractivity contribution is 5.29. The zero-order valence-electron chi connectivity index (χ0n) is 10.5. The number of hydrogen-bond acceptors (Lipinski definition) is 3. The van der Waals surface area contributed by atoms with Crippen LogP contribution in [0.3, 0.4) is 0 Å². The maximum Gasteiger partial charge on any atom is 0.118 e. The van der Waals surface area contributed by atoms with Crippen molar-refractivity contribution < 1.29 is 9.47 Å². The third-order valence-corrected chi connectivity index (χ3v) is 2.84. The summed E-state index contributed by atoms with van der Waals surface area (Å²) < 4.78 is 10.4. The highest BCUT2D eigenvalue weighted by Gasteiger charge is 2.12. The first kappa shape index (κ1) is 13.0. The Balaban J connectivity index is 2.70. The van der Waals surface area contributed by atoms with Gasteiger partial charge < -0.3 is 14.8 Å². The molecular weight excluding hydrogens is 202 g/mol. The predicted molar refractivity (Wildman–Crippen MR) is 65.9 cm³/mol. The molecule has 1 aromatic rings. The summed E-state index contributed by atoms with van der Waals surface area (Å²) >= 11 is 0. The quantitative estimate of drug-likeness (QED) is 0.803. The largest absolute Gasteiger partial charge is 0.497 e. The molecule has 0 spiro atoms.